The molecule has 120 valence electrons. The summed E-state index contributed by atoms with van der Waals surface area (Å²) in [5.74, 6) is -1.19. The third kappa shape index (κ3) is 7.45. The average molecular weight is 328 g/mol. The number of alkyl halides is 3. The normalized spacial score (nSPS) is 11.7. The van der Waals surface area contributed by atoms with Crippen molar-refractivity contribution in [3.63, 3.8) is 0 Å². The van der Waals surface area contributed by atoms with E-state index in [1.54, 1.807) is 7.11 Å². The lowest BCUT2D eigenvalue weighted by Crippen LogP contribution is -2.14. The van der Waals surface area contributed by atoms with Crippen LogP contribution in [0.4, 0.5) is 19.0 Å². The zero-order valence-electron chi connectivity index (χ0n) is 11.5. The Bertz CT molecular complexity index is 433. The van der Waals surface area contributed by atoms with Gasteiger partial charge >= 0.3 is 6.18 Å². The van der Waals surface area contributed by atoms with Gasteiger partial charge in [-0.25, -0.2) is 9.97 Å². The summed E-state index contributed by atoms with van der Waals surface area (Å²) in [6.07, 6.45) is -3.10. The molecule has 9 heteroatoms. The van der Waals surface area contributed by atoms with Gasteiger partial charge in [0.15, 0.2) is 0 Å². The van der Waals surface area contributed by atoms with Crippen molar-refractivity contribution in [2.75, 3.05) is 38.8 Å². The van der Waals surface area contributed by atoms with Crippen LogP contribution in [0.2, 0.25) is 5.15 Å². The second-order valence-electron chi connectivity index (χ2n) is 4.14. The van der Waals surface area contributed by atoms with E-state index in [-0.39, 0.29) is 11.0 Å². The summed E-state index contributed by atoms with van der Waals surface area (Å²) in [6.45, 7) is 2.11. The van der Waals surface area contributed by atoms with Crippen LogP contribution >= 0.6 is 11.6 Å². The van der Waals surface area contributed by atoms with E-state index in [4.69, 9.17) is 21.1 Å². The maximum atomic E-state index is 12.5. The predicted octanol–water partition coefficient (Wildman–Crippen LogP) is 3.00. The number of nitrogens with one attached hydrogen (secondary N) is 1. The fourth-order valence-corrected chi connectivity index (χ4v) is 1.61. The Morgan fingerprint density at radius 3 is 2.62 bits per heavy atom. The number of hydrogen-bond acceptors (Lipinski definition) is 5. The molecule has 0 atom stereocenters. The molecule has 0 spiro atoms. The highest BCUT2D eigenvalue weighted by Crippen LogP contribution is 2.28. The van der Waals surface area contributed by atoms with Crippen LogP contribution in [-0.4, -0.2) is 43.4 Å². The summed E-state index contributed by atoms with van der Waals surface area (Å²) in [6, 6.07) is 1.26. The van der Waals surface area contributed by atoms with Gasteiger partial charge in [-0.05, 0) is 12.8 Å². The molecule has 0 saturated heterocycles. The molecule has 1 aromatic rings. The van der Waals surface area contributed by atoms with E-state index in [0.717, 1.165) is 12.8 Å². The lowest BCUT2D eigenvalue weighted by Gasteiger charge is -2.09. The Labute approximate surface area is 125 Å². The molecule has 0 aromatic carbocycles. The SMILES string of the molecule is COCCOCCCCNc1cc(Cl)nc(C(F)(F)F)n1. The number of ether oxygens (including phenoxy) is 2. The molecule has 5 nitrogen and oxygen atoms in total. The van der Waals surface area contributed by atoms with Crippen molar-refractivity contribution in [2.24, 2.45) is 0 Å². The van der Waals surface area contributed by atoms with Gasteiger partial charge in [0.05, 0.1) is 13.2 Å². The lowest BCUT2D eigenvalue weighted by molar-refractivity contribution is -0.144. The minimum atomic E-state index is -4.61. The molecule has 0 unspecified atom stereocenters. The third-order valence-electron chi connectivity index (χ3n) is 2.40. The third-order valence-corrected chi connectivity index (χ3v) is 2.60. The molecule has 1 rings (SSSR count). The first kappa shape index (κ1) is 17.9. The molecule has 0 aliphatic rings. The Balaban J connectivity index is 2.31. The molecule has 0 aliphatic carbocycles. The van der Waals surface area contributed by atoms with Crippen LogP contribution < -0.4 is 5.32 Å². The number of hydrogen-bond donors (Lipinski definition) is 1. The van der Waals surface area contributed by atoms with Crippen molar-refractivity contribution in [3.05, 3.63) is 17.0 Å². The molecule has 1 N–H and O–H groups in total. The zero-order valence-corrected chi connectivity index (χ0v) is 12.3. The van der Waals surface area contributed by atoms with Gasteiger partial charge in [0.1, 0.15) is 11.0 Å². The van der Waals surface area contributed by atoms with Crippen molar-refractivity contribution in [2.45, 2.75) is 19.0 Å². The van der Waals surface area contributed by atoms with E-state index in [9.17, 15) is 13.2 Å². The van der Waals surface area contributed by atoms with Crippen molar-refractivity contribution in [1.82, 2.24) is 9.97 Å². The summed E-state index contributed by atoms with van der Waals surface area (Å²) >= 11 is 5.54. The average Bonchev–Trinajstić information content (AvgIpc) is 2.40. The summed E-state index contributed by atoms with van der Waals surface area (Å²) in [4.78, 5) is 6.53. The quantitative estimate of drug-likeness (QED) is 0.558. The van der Waals surface area contributed by atoms with Crippen LogP contribution in [0.1, 0.15) is 18.7 Å². The summed E-state index contributed by atoms with van der Waals surface area (Å²) in [7, 11) is 1.59. The van der Waals surface area contributed by atoms with Crippen molar-refractivity contribution < 1.29 is 22.6 Å². The minimum absolute atomic E-state index is 0.0580. The van der Waals surface area contributed by atoms with E-state index in [2.05, 4.69) is 15.3 Å². The van der Waals surface area contributed by atoms with Gasteiger partial charge in [-0.2, -0.15) is 13.2 Å². The molecule has 21 heavy (non-hydrogen) atoms. The summed E-state index contributed by atoms with van der Waals surface area (Å²) in [5, 5.41) is 2.54. The Morgan fingerprint density at radius 2 is 1.95 bits per heavy atom. The number of rotatable bonds is 9. The monoisotopic (exact) mass is 327 g/mol. The molecule has 0 aliphatic heterocycles. The first-order chi connectivity index (χ1) is 9.93. The fraction of sp³-hybridized carbons (Fsp3) is 0.667. The fourth-order valence-electron chi connectivity index (χ4n) is 1.42. The Morgan fingerprint density at radius 1 is 1.19 bits per heavy atom. The minimum Gasteiger partial charge on any atom is -0.382 e. The van der Waals surface area contributed by atoms with E-state index < -0.39 is 12.0 Å². The Kier molecular flexibility index (Phi) is 7.69. The highest BCUT2D eigenvalue weighted by Gasteiger charge is 2.35. The number of methoxy groups -OCH3 is 1. The van der Waals surface area contributed by atoms with Gasteiger partial charge < -0.3 is 14.8 Å². The second-order valence-corrected chi connectivity index (χ2v) is 4.52. The predicted molar refractivity (Wildman–Crippen MR) is 72.5 cm³/mol. The van der Waals surface area contributed by atoms with Gasteiger partial charge in [0.25, 0.3) is 0 Å². The maximum absolute atomic E-state index is 12.5. The van der Waals surface area contributed by atoms with E-state index >= 15 is 0 Å². The maximum Gasteiger partial charge on any atom is 0.451 e. The van der Waals surface area contributed by atoms with Crippen molar-refractivity contribution in [1.29, 1.82) is 0 Å². The van der Waals surface area contributed by atoms with Gasteiger partial charge in [0, 0.05) is 26.3 Å². The molecule has 0 amide bonds. The number of unbranched alkanes of at least 4 members (excludes halogenated alkanes) is 1. The highest BCUT2D eigenvalue weighted by molar-refractivity contribution is 6.29. The topological polar surface area (TPSA) is 56.3 Å². The van der Waals surface area contributed by atoms with E-state index in [1.165, 1.54) is 6.07 Å². The zero-order chi connectivity index (χ0) is 15.7. The van der Waals surface area contributed by atoms with E-state index in [1.807, 2.05) is 0 Å². The first-order valence-corrected chi connectivity index (χ1v) is 6.73. The summed E-state index contributed by atoms with van der Waals surface area (Å²) < 4.78 is 47.6. The molecule has 1 aromatic heterocycles. The molecular weight excluding hydrogens is 311 g/mol. The van der Waals surface area contributed by atoms with Crippen LogP contribution in [0, 0.1) is 0 Å². The van der Waals surface area contributed by atoms with Crippen molar-refractivity contribution in [3.8, 4) is 0 Å². The van der Waals surface area contributed by atoms with Crippen molar-refractivity contribution >= 4 is 17.4 Å². The Hall–Kier alpha value is -1.12. The standard InChI is InChI=1S/C12H17ClF3N3O2/c1-20-6-7-21-5-3-2-4-17-10-8-9(13)18-11(19-10)12(14,15)16/h8H,2-7H2,1H3,(H,17,18,19). The summed E-state index contributed by atoms with van der Waals surface area (Å²) in [5.41, 5.74) is 0. The molecular formula is C12H17ClF3N3O2. The smallest absolute Gasteiger partial charge is 0.382 e. The molecule has 0 bridgehead atoms. The molecule has 0 radical (unpaired) electrons. The van der Waals surface area contributed by atoms with Gasteiger partial charge in [-0.15, -0.1) is 0 Å². The van der Waals surface area contributed by atoms with Crippen LogP contribution in [0.15, 0.2) is 6.07 Å². The number of anilines is 1. The second kappa shape index (κ2) is 9.01. The number of aromatic nitrogens is 2. The van der Waals surface area contributed by atoms with Crippen LogP contribution in [0.5, 0.6) is 0 Å². The van der Waals surface area contributed by atoms with Crippen LogP contribution in [0.3, 0.4) is 0 Å². The van der Waals surface area contributed by atoms with Gasteiger partial charge in [0.2, 0.25) is 5.82 Å². The lowest BCUT2D eigenvalue weighted by atomic mass is 10.3. The van der Waals surface area contributed by atoms with Crippen LogP contribution in [-0.2, 0) is 15.7 Å². The van der Waals surface area contributed by atoms with Gasteiger partial charge in [-0.3, -0.25) is 0 Å². The first-order valence-electron chi connectivity index (χ1n) is 6.36. The van der Waals surface area contributed by atoms with Crippen LogP contribution in [0.25, 0.3) is 0 Å². The molecule has 1 heterocycles. The highest BCUT2D eigenvalue weighted by atomic mass is 35.5. The largest absolute Gasteiger partial charge is 0.451 e. The molecule has 0 saturated carbocycles. The number of nitrogens with zero attached hydrogens (tertiary/aromatic N) is 2. The molecule has 0 fully saturated rings. The number of halogens is 4. The van der Waals surface area contributed by atoms with E-state index in [0.29, 0.717) is 26.4 Å². The van der Waals surface area contributed by atoms with Gasteiger partial charge in [-0.1, -0.05) is 11.6 Å².